The number of carbonyl (C=O) groups excluding carboxylic acids is 2. The van der Waals surface area contributed by atoms with Gasteiger partial charge in [-0.05, 0) is 37.3 Å². The molecule has 0 fully saturated rings. The number of nitro groups is 1. The Morgan fingerprint density at radius 3 is 2.57 bits per heavy atom. The molecule has 9 heteroatoms. The van der Waals surface area contributed by atoms with Crippen molar-refractivity contribution in [2.75, 3.05) is 6.61 Å². The molecule has 3 aromatic rings. The third-order valence-corrected chi connectivity index (χ3v) is 4.01. The highest BCUT2D eigenvalue weighted by Crippen LogP contribution is 2.22. The van der Waals surface area contributed by atoms with E-state index in [0.29, 0.717) is 23.7 Å². The van der Waals surface area contributed by atoms with Crippen molar-refractivity contribution in [3.63, 3.8) is 0 Å². The fourth-order valence-corrected chi connectivity index (χ4v) is 2.60. The van der Waals surface area contributed by atoms with E-state index in [2.05, 4.69) is 10.5 Å². The second-order valence-electron chi connectivity index (χ2n) is 5.97. The fraction of sp³-hybridized carbons (Fsp3) is 0.0952. The van der Waals surface area contributed by atoms with Gasteiger partial charge in [-0.1, -0.05) is 24.3 Å². The Labute approximate surface area is 171 Å². The average Bonchev–Trinajstić information content (AvgIpc) is 3.23. The molecule has 0 aliphatic rings. The molecule has 0 saturated heterocycles. The molecule has 152 valence electrons. The minimum absolute atomic E-state index is 0.0959. The molecule has 0 saturated carbocycles. The van der Waals surface area contributed by atoms with Crippen molar-refractivity contribution in [1.82, 2.24) is 5.43 Å². The molecular formula is C21H17N3O6. The van der Waals surface area contributed by atoms with Crippen LogP contribution in [0, 0.1) is 10.1 Å². The van der Waals surface area contributed by atoms with E-state index in [-0.39, 0.29) is 11.3 Å². The van der Waals surface area contributed by atoms with E-state index in [1.807, 2.05) is 0 Å². The fourth-order valence-electron chi connectivity index (χ4n) is 2.60. The van der Waals surface area contributed by atoms with Crippen molar-refractivity contribution in [2.45, 2.75) is 6.92 Å². The maximum absolute atomic E-state index is 12.1. The Balaban J connectivity index is 1.66. The third kappa shape index (κ3) is 4.76. The van der Waals surface area contributed by atoms with Crippen molar-refractivity contribution in [3.8, 4) is 11.3 Å². The maximum atomic E-state index is 12.1. The summed E-state index contributed by atoms with van der Waals surface area (Å²) in [7, 11) is 0. The first-order chi connectivity index (χ1) is 14.5. The van der Waals surface area contributed by atoms with Gasteiger partial charge in [0.05, 0.1) is 23.3 Å². The number of amides is 1. The normalized spacial score (nSPS) is 10.7. The molecule has 0 aliphatic carbocycles. The lowest BCUT2D eigenvalue weighted by Gasteiger charge is -2.02. The molecule has 2 aromatic carbocycles. The summed E-state index contributed by atoms with van der Waals surface area (Å²) in [5.74, 6) is -0.204. The second kappa shape index (κ2) is 9.28. The average molecular weight is 407 g/mol. The summed E-state index contributed by atoms with van der Waals surface area (Å²) in [6.45, 7) is 2.04. The zero-order valence-corrected chi connectivity index (χ0v) is 15.9. The van der Waals surface area contributed by atoms with E-state index >= 15 is 0 Å². The molecular weight excluding hydrogens is 390 g/mol. The van der Waals surface area contributed by atoms with E-state index in [9.17, 15) is 19.7 Å². The van der Waals surface area contributed by atoms with Gasteiger partial charge in [-0.2, -0.15) is 5.10 Å². The summed E-state index contributed by atoms with van der Waals surface area (Å²) < 4.78 is 10.6. The van der Waals surface area contributed by atoms with Crippen molar-refractivity contribution >= 4 is 23.8 Å². The number of nitrogens with zero attached hydrogens (tertiary/aromatic N) is 2. The van der Waals surface area contributed by atoms with E-state index in [1.54, 1.807) is 43.3 Å². The van der Waals surface area contributed by atoms with E-state index in [4.69, 9.17) is 9.15 Å². The first-order valence-electron chi connectivity index (χ1n) is 8.94. The number of nitro benzene ring substituents is 1. The van der Waals surface area contributed by atoms with Crippen molar-refractivity contribution in [2.24, 2.45) is 5.10 Å². The summed E-state index contributed by atoms with van der Waals surface area (Å²) in [5.41, 5.74) is 3.01. The summed E-state index contributed by atoms with van der Waals surface area (Å²) in [5, 5.41) is 14.8. The zero-order valence-electron chi connectivity index (χ0n) is 15.9. The number of hydrogen-bond donors (Lipinski definition) is 1. The molecule has 1 heterocycles. The number of furan rings is 1. The number of rotatable bonds is 7. The molecule has 0 bridgehead atoms. The summed E-state index contributed by atoms with van der Waals surface area (Å²) in [4.78, 5) is 34.2. The van der Waals surface area contributed by atoms with Crippen molar-refractivity contribution in [1.29, 1.82) is 0 Å². The molecule has 1 amide bonds. The lowest BCUT2D eigenvalue weighted by Crippen LogP contribution is -2.18. The molecule has 0 radical (unpaired) electrons. The third-order valence-electron chi connectivity index (χ3n) is 4.01. The smallest absolute Gasteiger partial charge is 0.338 e. The first kappa shape index (κ1) is 20.5. The van der Waals surface area contributed by atoms with Crippen LogP contribution in [0.3, 0.4) is 0 Å². The van der Waals surface area contributed by atoms with Crippen LogP contribution in [0.1, 0.15) is 33.4 Å². The zero-order chi connectivity index (χ0) is 21.5. The standard InChI is InChI=1S/C21H17N3O6/c1-2-29-21(26)15-9-7-14(8-10-15)19-12-11-16(30-19)13-22-23-20(25)17-5-3-4-6-18(17)24(27)28/h3-13H,2H2,1H3,(H,23,25)/b22-13-. The van der Waals surface area contributed by atoms with Crippen LogP contribution < -0.4 is 5.43 Å². The van der Waals surface area contributed by atoms with E-state index < -0.39 is 16.8 Å². The van der Waals surface area contributed by atoms with Gasteiger partial charge >= 0.3 is 5.97 Å². The van der Waals surface area contributed by atoms with Crippen molar-refractivity contribution < 1.29 is 23.7 Å². The minimum atomic E-state index is -0.708. The number of carbonyl (C=O) groups is 2. The molecule has 3 rings (SSSR count). The molecule has 0 spiro atoms. The van der Waals surface area contributed by atoms with Crippen LogP contribution >= 0.6 is 0 Å². The highest BCUT2D eigenvalue weighted by atomic mass is 16.6. The highest BCUT2D eigenvalue weighted by molar-refractivity contribution is 5.98. The predicted octanol–water partition coefficient (Wildman–Crippen LogP) is 3.80. The van der Waals surface area contributed by atoms with Crippen LogP contribution in [0.4, 0.5) is 5.69 Å². The summed E-state index contributed by atoms with van der Waals surface area (Å²) >= 11 is 0. The second-order valence-corrected chi connectivity index (χ2v) is 5.97. The number of ether oxygens (including phenoxy) is 1. The van der Waals surface area contributed by atoms with Gasteiger partial charge in [0.2, 0.25) is 0 Å². The molecule has 0 atom stereocenters. The minimum Gasteiger partial charge on any atom is -0.462 e. The SMILES string of the molecule is CCOC(=O)c1ccc(-c2ccc(/C=N\NC(=O)c3ccccc3[N+](=O)[O-])o2)cc1. The Bertz CT molecular complexity index is 1100. The van der Waals surface area contributed by atoms with Gasteiger partial charge < -0.3 is 9.15 Å². The number of nitrogens with one attached hydrogen (secondary N) is 1. The molecule has 0 unspecified atom stereocenters. The lowest BCUT2D eigenvalue weighted by atomic mass is 10.1. The van der Waals surface area contributed by atoms with E-state index in [0.717, 1.165) is 5.56 Å². The van der Waals surface area contributed by atoms with Gasteiger partial charge in [-0.3, -0.25) is 14.9 Å². The number of benzene rings is 2. The van der Waals surface area contributed by atoms with Crippen molar-refractivity contribution in [3.05, 3.63) is 87.7 Å². The van der Waals surface area contributed by atoms with Crippen LogP contribution in [-0.4, -0.2) is 29.6 Å². The number of para-hydroxylation sites is 1. The molecule has 1 aromatic heterocycles. The predicted molar refractivity (Wildman–Crippen MR) is 108 cm³/mol. The van der Waals surface area contributed by atoms with Gasteiger partial charge in [-0.15, -0.1) is 0 Å². The maximum Gasteiger partial charge on any atom is 0.338 e. The number of hydrazone groups is 1. The van der Waals surface area contributed by atoms with Crippen LogP contribution in [0.5, 0.6) is 0 Å². The summed E-state index contributed by atoms with van der Waals surface area (Å²) in [6, 6.07) is 15.7. The highest BCUT2D eigenvalue weighted by Gasteiger charge is 2.18. The van der Waals surface area contributed by atoms with Crippen LogP contribution in [0.15, 0.2) is 70.2 Å². The summed E-state index contributed by atoms with van der Waals surface area (Å²) in [6.07, 6.45) is 1.28. The number of esters is 1. The Kier molecular flexibility index (Phi) is 6.33. The van der Waals surface area contributed by atoms with Gasteiger partial charge in [-0.25, -0.2) is 10.2 Å². The van der Waals surface area contributed by atoms with Crippen LogP contribution in [0.25, 0.3) is 11.3 Å². The molecule has 1 N–H and O–H groups in total. The van der Waals surface area contributed by atoms with Crippen LogP contribution in [0.2, 0.25) is 0 Å². The van der Waals surface area contributed by atoms with Crippen LogP contribution in [-0.2, 0) is 4.74 Å². The molecule has 0 aliphatic heterocycles. The Morgan fingerprint density at radius 2 is 1.87 bits per heavy atom. The van der Waals surface area contributed by atoms with Gasteiger partial charge in [0.15, 0.2) is 0 Å². The largest absolute Gasteiger partial charge is 0.462 e. The lowest BCUT2D eigenvalue weighted by molar-refractivity contribution is -0.385. The first-order valence-corrected chi connectivity index (χ1v) is 8.94. The monoisotopic (exact) mass is 407 g/mol. The topological polar surface area (TPSA) is 124 Å². The van der Waals surface area contributed by atoms with Gasteiger partial charge in [0, 0.05) is 11.6 Å². The van der Waals surface area contributed by atoms with Gasteiger partial charge in [0.1, 0.15) is 17.1 Å². The Morgan fingerprint density at radius 1 is 1.13 bits per heavy atom. The van der Waals surface area contributed by atoms with Gasteiger partial charge in [0.25, 0.3) is 11.6 Å². The number of hydrogen-bond acceptors (Lipinski definition) is 7. The quantitative estimate of drug-likeness (QED) is 0.275. The molecule has 9 nitrogen and oxygen atoms in total. The van der Waals surface area contributed by atoms with E-state index in [1.165, 1.54) is 30.5 Å². The Hall–Kier alpha value is -4.27. The molecule has 30 heavy (non-hydrogen) atoms.